The maximum atomic E-state index is 12.2. The molecule has 1 aromatic rings. The van der Waals surface area contributed by atoms with Crippen LogP contribution in [0.15, 0.2) is 30.3 Å². The van der Waals surface area contributed by atoms with E-state index in [0.717, 1.165) is 19.6 Å². The lowest BCUT2D eigenvalue weighted by atomic mass is 9.89. The third kappa shape index (κ3) is 2.68. The van der Waals surface area contributed by atoms with Crippen LogP contribution in [0.1, 0.15) is 18.0 Å². The third-order valence-electron chi connectivity index (χ3n) is 4.35. The quantitative estimate of drug-likeness (QED) is 0.881. The van der Waals surface area contributed by atoms with Crippen LogP contribution in [0.25, 0.3) is 0 Å². The number of nitrogens with zero attached hydrogens (tertiary/aromatic N) is 1. The second-order valence-electron chi connectivity index (χ2n) is 5.46. The highest BCUT2D eigenvalue weighted by molar-refractivity contribution is 5.85. The summed E-state index contributed by atoms with van der Waals surface area (Å²) in [6.45, 7) is 2.73. The lowest BCUT2D eigenvalue weighted by Crippen LogP contribution is -2.35. The van der Waals surface area contributed by atoms with Crippen LogP contribution in [0.4, 0.5) is 0 Å². The van der Waals surface area contributed by atoms with Gasteiger partial charge in [-0.3, -0.25) is 4.79 Å². The van der Waals surface area contributed by atoms with E-state index in [2.05, 4.69) is 17.4 Å². The van der Waals surface area contributed by atoms with Gasteiger partial charge < -0.3 is 15.3 Å². The van der Waals surface area contributed by atoms with Crippen molar-refractivity contribution in [1.82, 2.24) is 10.2 Å². The Balaban J connectivity index is 0.00000147. The minimum atomic E-state index is -0.0651. The number of hydrogen-bond acceptors (Lipinski definition) is 3. The smallest absolute Gasteiger partial charge is 0.225 e. The largest absolute Gasteiger partial charge is 0.396 e. The summed E-state index contributed by atoms with van der Waals surface area (Å²) < 4.78 is 0. The summed E-state index contributed by atoms with van der Waals surface area (Å²) in [6, 6.07) is 10.4. The van der Waals surface area contributed by atoms with Crippen LogP contribution in [-0.4, -0.2) is 42.2 Å². The van der Waals surface area contributed by atoms with Crippen molar-refractivity contribution < 1.29 is 9.90 Å². The Morgan fingerprint density at radius 2 is 2.05 bits per heavy atom. The van der Waals surface area contributed by atoms with Gasteiger partial charge in [-0.15, -0.1) is 12.4 Å². The molecule has 2 fully saturated rings. The van der Waals surface area contributed by atoms with Crippen molar-refractivity contribution in [3.8, 4) is 0 Å². The predicted octanol–water partition coefficient (Wildman–Crippen LogP) is 1.21. The fourth-order valence-corrected chi connectivity index (χ4v) is 3.49. The second kappa shape index (κ2) is 6.57. The van der Waals surface area contributed by atoms with Gasteiger partial charge in [-0.05, 0) is 11.5 Å². The molecule has 0 aromatic heterocycles. The first-order valence-corrected chi connectivity index (χ1v) is 6.97. The number of hydrogen-bond donors (Lipinski definition) is 2. The van der Waals surface area contributed by atoms with E-state index in [-0.39, 0.29) is 37.4 Å². The molecule has 0 radical (unpaired) electrons. The first-order chi connectivity index (χ1) is 9.31. The number of nitrogens with one attached hydrogen (secondary N) is 1. The Morgan fingerprint density at radius 3 is 2.75 bits per heavy atom. The number of carbonyl (C=O) groups excluding carboxylic acids is 1. The summed E-state index contributed by atoms with van der Waals surface area (Å²) in [6.07, 6.45) is 0.232. The van der Waals surface area contributed by atoms with E-state index < -0.39 is 0 Å². The van der Waals surface area contributed by atoms with Crippen LogP contribution in [-0.2, 0) is 4.79 Å². The maximum absolute atomic E-state index is 12.2. The molecule has 0 bridgehead atoms. The molecule has 2 heterocycles. The first-order valence-electron chi connectivity index (χ1n) is 6.97. The number of halogens is 1. The summed E-state index contributed by atoms with van der Waals surface area (Å²) in [4.78, 5) is 14.2. The fraction of sp³-hybridized carbons (Fsp3) is 0.533. The first kappa shape index (κ1) is 15.3. The molecule has 1 amide bonds. The molecule has 3 rings (SSSR count). The van der Waals surface area contributed by atoms with Crippen LogP contribution >= 0.6 is 12.4 Å². The number of rotatable bonds is 3. The third-order valence-corrected chi connectivity index (χ3v) is 4.35. The topological polar surface area (TPSA) is 52.6 Å². The van der Waals surface area contributed by atoms with Crippen molar-refractivity contribution in [3.63, 3.8) is 0 Å². The van der Waals surface area contributed by atoms with Gasteiger partial charge in [0.25, 0.3) is 0 Å². The minimum Gasteiger partial charge on any atom is -0.396 e. The monoisotopic (exact) mass is 296 g/mol. The zero-order valence-electron chi connectivity index (χ0n) is 11.4. The number of amides is 1. The van der Waals surface area contributed by atoms with Crippen LogP contribution in [0.3, 0.4) is 0 Å². The van der Waals surface area contributed by atoms with Crippen molar-refractivity contribution in [3.05, 3.63) is 35.9 Å². The van der Waals surface area contributed by atoms with E-state index in [4.69, 9.17) is 5.11 Å². The molecule has 0 spiro atoms. The molecule has 0 unspecified atom stereocenters. The van der Waals surface area contributed by atoms with E-state index in [0.29, 0.717) is 11.8 Å². The Kier molecular flexibility index (Phi) is 5.02. The van der Waals surface area contributed by atoms with E-state index in [1.165, 1.54) is 5.56 Å². The summed E-state index contributed by atoms with van der Waals surface area (Å²) in [5, 5.41) is 12.4. The molecular formula is C15H21ClN2O2. The Hall–Kier alpha value is -1.10. The molecule has 3 atom stereocenters. The van der Waals surface area contributed by atoms with Crippen LogP contribution < -0.4 is 5.32 Å². The Labute approximate surface area is 125 Å². The molecule has 2 N–H and O–H groups in total. The molecule has 1 aromatic carbocycles. The van der Waals surface area contributed by atoms with Crippen molar-refractivity contribution in [1.29, 1.82) is 0 Å². The van der Waals surface area contributed by atoms with Gasteiger partial charge in [-0.1, -0.05) is 30.3 Å². The zero-order valence-corrected chi connectivity index (χ0v) is 12.2. The predicted molar refractivity (Wildman–Crippen MR) is 79.7 cm³/mol. The van der Waals surface area contributed by atoms with Gasteiger partial charge >= 0.3 is 0 Å². The highest BCUT2D eigenvalue weighted by atomic mass is 35.5. The van der Waals surface area contributed by atoms with Crippen LogP contribution in [0, 0.1) is 11.8 Å². The molecule has 5 heteroatoms. The van der Waals surface area contributed by atoms with Crippen molar-refractivity contribution >= 4 is 18.3 Å². The van der Waals surface area contributed by atoms with Crippen LogP contribution in [0.5, 0.6) is 0 Å². The van der Waals surface area contributed by atoms with Gasteiger partial charge in [-0.2, -0.15) is 0 Å². The highest BCUT2D eigenvalue weighted by Crippen LogP contribution is 2.42. The number of aliphatic hydroxyl groups excluding tert-OH is 1. The van der Waals surface area contributed by atoms with E-state index >= 15 is 0 Å². The highest BCUT2D eigenvalue weighted by Gasteiger charge is 2.46. The maximum Gasteiger partial charge on any atom is 0.225 e. The van der Waals surface area contributed by atoms with E-state index in [1.54, 1.807) is 0 Å². The van der Waals surface area contributed by atoms with Gasteiger partial charge in [-0.25, -0.2) is 0 Å². The molecule has 2 aliphatic heterocycles. The molecule has 4 nitrogen and oxygen atoms in total. The summed E-state index contributed by atoms with van der Waals surface area (Å²) >= 11 is 0. The van der Waals surface area contributed by atoms with E-state index in [9.17, 15) is 4.79 Å². The lowest BCUT2D eigenvalue weighted by Gasteiger charge is -2.28. The normalized spacial score (nSPS) is 28.1. The number of fused-ring (bicyclic) bond motifs is 1. The SMILES string of the molecule is Cl.O=C(CCO)N1C[C@@H]2CNC[C@@H]2[C@H]1c1ccccc1. The van der Waals surface area contributed by atoms with Gasteiger partial charge in [0, 0.05) is 32.0 Å². The van der Waals surface area contributed by atoms with E-state index in [1.807, 2.05) is 23.1 Å². The van der Waals surface area contributed by atoms with Gasteiger partial charge in [0.05, 0.1) is 12.6 Å². The van der Waals surface area contributed by atoms with Crippen LogP contribution in [0.2, 0.25) is 0 Å². The summed E-state index contributed by atoms with van der Waals surface area (Å²) in [5.41, 5.74) is 1.21. The molecular weight excluding hydrogens is 276 g/mol. The summed E-state index contributed by atoms with van der Waals surface area (Å²) in [7, 11) is 0. The molecule has 110 valence electrons. The molecule has 2 saturated heterocycles. The number of aliphatic hydroxyl groups is 1. The molecule has 0 aliphatic carbocycles. The fourth-order valence-electron chi connectivity index (χ4n) is 3.49. The summed E-state index contributed by atoms with van der Waals surface area (Å²) in [5.74, 6) is 1.13. The standard InChI is InChI=1S/C15H20N2O2.ClH/c18-7-6-14(19)17-10-12-8-16-9-13(12)15(17)11-4-2-1-3-5-11;/h1-5,12-13,15-16,18H,6-10H2;1H/t12-,13-,15+;/m0./s1. The number of likely N-dealkylation sites (tertiary alicyclic amines) is 1. The van der Waals surface area contributed by atoms with Gasteiger partial charge in [0.1, 0.15) is 0 Å². The van der Waals surface area contributed by atoms with Crippen molar-refractivity contribution in [2.75, 3.05) is 26.2 Å². The number of carbonyl (C=O) groups is 1. The van der Waals surface area contributed by atoms with Gasteiger partial charge in [0.2, 0.25) is 5.91 Å². The average Bonchev–Trinajstić information content (AvgIpc) is 2.99. The second-order valence-corrected chi connectivity index (χ2v) is 5.46. The molecule has 0 saturated carbocycles. The minimum absolute atomic E-state index is 0. The Bertz CT molecular complexity index is 454. The Morgan fingerprint density at radius 1 is 1.30 bits per heavy atom. The lowest BCUT2D eigenvalue weighted by molar-refractivity contribution is -0.133. The van der Waals surface area contributed by atoms with Gasteiger partial charge in [0.15, 0.2) is 0 Å². The molecule has 2 aliphatic rings. The molecule has 20 heavy (non-hydrogen) atoms. The average molecular weight is 297 g/mol. The number of benzene rings is 1. The van der Waals surface area contributed by atoms with Crippen molar-refractivity contribution in [2.45, 2.75) is 12.5 Å². The van der Waals surface area contributed by atoms with Crippen molar-refractivity contribution in [2.24, 2.45) is 11.8 Å². The zero-order chi connectivity index (χ0) is 13.2.